The molecule has 1 heterocycles. The highest BCUT2D eigenvalue weighted by atomic mass is 32.1. The van der Waals surface area contributed by atoms with Crippen LogP contribution in [0.3, 0.4) is 0 Å². The maximum atomic E-state index is 8.61. The average molecular weight is 172 g/mol. The lowest BCUT2D eigenvalue weighted by Crippen LogP contribution is -2.21. The van der Waals surface area contributed by atoms with Crippen molar-refractivity contribution in [2.24, 2.45) is 0 Å². The summed E-state index contributed by atoms with van der Waals surface area (Å²) in [4.78, 5) is 6.17. The van der Waals surface area contributed by atoms with Crippen LogP contribution in [0.4, 0.5) is 0 Å². The fourth-order valence-electron chi connectivity index (χ4n) is 0.812. The van der Waals surface area contributed by atoms with Crippen LogP contribution in [0.2, 0.25) is 0 Å². The molecule has 0 aliphatic carbocycles. The van der Waals surface area contributed by atoms with Crippen molar-refractivity contribution in [3.8, 4) is 0 Å². The number of hydrogen-bond donors (Lipinski definition) is 1. The normalized spacial score (nSPS) is 10.8. The molecule has 0 unspecified atom stereocenters. The van der Waals surface area contributed by atoms with Gasteiger partial charge in [0.1, 0.15) is 5.01 Å². The van der Waals surface area contributed by atoms with E-state index < -0.39 is 0 Å². The van der Waals surface area contributed by atoms with Gasteiger partial charge in [-0.25, -0.2) is 4.98 Å². The van der Waals surface area contributed by atoms with Crippen molar-refractivity contribution in [1.82, 2.24) is 9.88 Å². The molecule has 1 aromatic heterocycles. The van der Waals surface area contributed by atoms with Gasteiger partial charge in [0.15, 0.2) is 0 Å². The van der Waals surface area contributed by atoms with Crippen LogP contribution in [0.15, 0.2) is 11.6 Å². The van der Waals surface area contributed by atoms with Gasteiger partial charge in [-0.15, -0.1) is 11.3 Å². The molecule has 1 N–H and O–H groups in total. The van der Waals surface area contributed by atoms with Crippen LogP contribution in [0.1, 0.15) is 5.01 Å². The lowest BCUT2D eigenvalue weighted by Gasteiger charge is -2.11. The molecule has 11 heavy (non-hydrogen) atoms. The number of likely N-dealkylation sites (N-methyl/N-ethyl adjacent to an activating group) is 1. The monoisotopic (exact) mass is 172 g/mol. The van der Waals surface area contributed by atoms with Gasteiger partial charge in [-0.05, 0) is 7.05 Å². The van der Waals surface area contributed by atoms with Crippen molar-refractivity contribution >= 4 is 11.3 Å². The van der Waals surface area contributed by atoms with Gasteiger partial charge in [0, 0.05) is 18.1 Å². The molecular formula is C7H12N2OS. The average Bonchev–Trinajstić information content (AvgIpc) is 2.40. The number of rotatable bonds is 4. The van der Waals surface area contributed by atoms with Crippen molar-refractivity contribution in [3.05, 3.63) is 16.6 Å². The molecule has 0 aliphatic heterocycles. The topological polar surface area (TPSA) is 36.4 Å². The van der Waals surface area contributed by atoms with E-state index in [1.54, 1.807) is 17.5 Å². The summed E-state index contributed by atoms with van der Waals surface area (Å²) in [7, 11) is 1.97. The first-order chi connectivity index (χ1) is 5.33. The molecule has 0 spiro atoms. The predicted molar refractivity (Wildman–Crippen MR) is 45.5 cm³/mol. The molecule has 3 nitrogen and oxygen atoms in total. The Labute approximate surface area is 70.3 Å². The summed E-state index contributed by atoms with van der Waals surface area (Å²) >= 11 is 1.64. The van der Waals surface area contributed by atoms with Gasteiger partial charge in [0.05, 0.1) is 13.2 Å². The third-order valence-electron chi connectivity index (χ3n) is 1.37. The highest BCUT2D eigenvalue weighted by molar-refractivity contribution is 7.09. The molecule has 62 valence electrons. The molecule has 0 saturated heterocycles. The van der Waals surface area contributed by atoms with Crippen molar-refractivity contribution in [2.75, 3.05) is 20.2 Å². The lowest BCUT2D eigenvalue weighted by atomic mass is 10.5. The van der Waals surface area contributed by atoms with Gasteiger partial charge >= 0.3 is 0 Å². The largest absolute Gasteiger partial charge is 0.395 e. The van der Waals surface area contributed by atoms with Gasteiger partial charge in [-0.1, -0.05) is 0 Å². The van der Waals surface area contributed by atoms with Crippen LogP contribution in [0, 0.1) is 0 Å². The summed E-state index contributed by atoms with van der Waals surface area (Å²) < 4.78 is 0. The molecule has 4 heteroatoms. The minimum absolute atomic E-state index is 0.210. The molecule has 0 amide bonds. The zero-order valence-electron chi connectivity index (χ0n) is 6.53. The second kappa shape index (κ2) is 4.43. The quantitative estimate of drug-likeness (QED) is 0.721. The molecule has 1 aromatic rings. The summed E-state index contributed by atoms with van der Waals surface area (Å²) in [5.74, 6) is 0. The van der Waals surface area contributed by atoms with E-state index in [0.717, 1.165) is 11.6 Å². The van der Waals surface area contributed by atoms with E-state index in [4.69, 9.17) is 5.11 Å². The zero-order valence-corrected chi connectivity index (χ0v) is 7.34. The summed E-state index contributed by atoms with van der Waals surface area (Å²) in [6.45, 7) is 1.75. The van der Waals surface area contributed by atoms with Gasteiger partial charge in [0.2, 0.25) is 0 Å². The van der Waals surface area contributed by atoms with E-state index in [1.165, 1.54) is 0 Å². The molecule has 0 fully saturated rings. The van der Waals surface area contributed by atoms with Gasteiger partial charge in [0.25, 0.3) is 0 Å². The minimum Gasteiger partial charge on any atom is -0.395 e. The fraction of sp³-hybridized carbons (Fsp3) is 0.571. The summed E-state index contributed by atoms with van der Waals surface area (Å²) in [5, 5.41) is 11.7. The zero-order chi connectivity index (χ0) is 8.10. The summed E-state index contributed by atoms with van der Waals surface area (Å²) in [6, 6.07) is 0. The van der Waals surface area contributed by atoms with Crippen molar-refractivity contribution < 1.29 is 5.11 Å². The first kappa shape index (κ1) is 8.64. The molecule has 0 atom stereocenters. The van der Waals surface area contributed by atoms with Gasteiger partial charge in [-0.2, -0.15) is 0 Å². The van der Waals surface area contributed by atoms with E-state index in [2.05, 4.69) is 4.98 Å². The first-order valence-corrected chi connectivity index (χ1v) is 4.38. The first-order valence-electron chi connectivity index (χ1n) is 3.50. The maximum Gasteiger partial charge on any atom is 0.107 e. The Kier molecular flexibility index (Phi) is 3.48. The highest BCUT2D eigenvalue weighted by Gasteiger charge is 1.99. The third kappa shape index (κ3) is 2.96. The Morgan fingerprint density at radius 2 is 2.55 bits per heavy atom. The highest BCUT2D eigenvalue weighted by Crippen LogP contribution is 2.05. The number of aliphatic hydroxyl groups excluding tert-OH is 1. The Bertz CT molecular complexity index is 188. The van der Waals surface area contributed by atoms with Crippen LogP contribution in [0.25, 0.3) is 0 Å². The SMILES string of the molecule is CN(CCO)Cc1nccs1. The van der Waals surface area contributed by atoms with Crippen LogP contribution in [-0.2, 0) is 6.54 Å². The van der Waals surface area contributed by atoms with E-state index >= 15 is 0 Å². The molecule has 0 radical (unpaired) electrons. The Morgan fingerprint density at radius 1 is 1.73 bits per heavy atom. The fourth-order valence-corrected chi connectivity index (χ4v) is 1.51. The lowest BCUT2D eigenvalue weighted by molar-refractivity contribution is 0.217. The van der Waals surface area contributed by atoms with E-state index in [0.29, 0.717) is 6.54 Å². The van der Waals surface area contributed by atoms with E-state index in [1.807, 2.05) is 17.3 Å². The van der Waals surface area contributed by atoms with Crippen molar-refractivity contribution in [2.45, 2.75) is 6.54 Å². The summed E-state index contributed by atoms with van der Waals surface area (Å²) in [5.41, 5.74) is 0. The van der Waals surface area contributed by atoms with Gasteiger partial charge in [-0.3, -0.25) is 4.90 Å². The van der Waals surface area contributed by atoms with E-state index in [-0.39, 0.29) is 6.61 Å². The molecule has 0 aliphatic rings. The molecule has 1 rings (SSSR count). The Hall–Kier alpha value is -0.450. The second-order valence-electron chi connectivity index (χ2n) is 2.39. The van der Waals surface area contributed by atoms with E-state index in [9.17, 15) is 0 Å². The second-order valence-corrected chi connectivity index (χ2v) is 3.37. The minimum atomic E-state index is 0.210. The van der Waals surface area contributed by atoms with Crippen LogP contribution < -0.4 is 0 Å². The van der Waals surface area contributed by atoms with Crippen LogP contribution in [-0.4, -0.2) is 35.2 Å². The smallest absolute Gasteiger partial charge is 0.107 e. The van der Waals surface area contributed by atoms with Crippen molar-refractivity contribution in [1.29, 1.82) is 0 Å². The Balaban J connectivity index is 2.31. The number of thiazole rings is 1. The van der Waals surface area contributed by atoms with Crippen LogP contribution in [0.5, 0.6) is 0 Å². The van der Waals surface area contributed by atoms with Gasteiger partial charge < -0.3 is 5.11 Å². The maximum absolute atomic E-state index is 8.61. The molecule has 0 bridgehead atoms. The number of aliphatic hydroxyl groups is 1. The van der Waals surface area contributed by atoms with Crippen LogP contribution >= 0.6 is 11.3 Å². The molecule has 0 saturated carbocycles. The predicted octanol–water partition coefficient (Wildman–Crippen LogP) is 0.567. The number of nitrogens with zero attached hydrogens (tertiary/aromatic N) is 2. The number of hydrogen-bond acceptors (Lipinski definition) is 4. The number of aromatic nitrogens is 1. The third-order valence-corrected chi connectivity index (χ3v) is 2.13. The van der Waals surface area contributed by atoms with Crippen molar-refractivity contribution in [3.63, 3.8) is 0 Å². The molecule has 0 aromatic carbocycles. The summed E-state index contributed by atoms with van der Waals surface area (Å²) in [6.07, 6.45) is 1.80. The molecular weight excluding hydrogens is 160 g/mol. The Morgan fingerprint density at radius 3 is 3.09 bits per heavy atom. The standard InChI is InChI=1S/C7H12N2OS/c1-9(3-4-10)6-7-8-2-5-11-7/h2,5,10H,3-4,6H2,1H3.